The molecule has 0 radical (unpaired) electrons. The highest BCUT2D eigenvalue weighted by atomic mass is 16.5. The molecule has 3 N–H and O–H groups in total. The Hall–Kier alpha value is -1.06. The standard InChI is InChI=1S/C12H19NO2/c1-9(8-13)12(2,14)10-6-4-5-7-11(10)15-3/h4-7,9,14H,8,13H2,1-3H3. The zero-order valence-electron chi connectivity index (χ0n) is 9.53. The minimum atomic E-state index is -0.957. The third-order valence-electron chi connectivity index (χ3n) is 2.97. The van der Waals surface area contributed by atoms with E-state index in [9.17, 15) is 5.11 Å². The predicted molar refractivity (Wildman–Crippen MR) is 60.8 cm³/mol. The molecule has 2 unspecified atom stereocenters. The summed E-state index contributed by atoms with van der Waals surface area (Å²) in [6.45, 7) is 4.12. The minimum Gasteiger partial charge on any atom is -0.496 e. The molecule has 0 saturated carbocycles. The number of ether oxygens (including phenoxy) is 1. The Morgan fingerprint density at radius 2 is 2.07 bits per heavy atom. The maximum absolute atomic E-state index is 10.4. The van der Waals surface area contributed by atoms with Crippen molar-refractivity contribution >= 4 is 0 Å². The van der Waals surface area contributed by atoms with Crippen molar-refractivity contribution < 1.29 is 9.84 Å². The molecule has 0 bridgehead atoms. The van der Waals surface area contributed by atoms with E-state index in [0.717, 1.165) is 5.56 Å². The molecule has 0 amide bonds. The average molecular weight is 209 g/mol. The fraction of sp³-hybridized carbons (Fsp3) is 0.500. The molecule has 0 aliphatic heterocycles. The van der Waals surface area contributed by atoms with Crippen LogP contribution in [0, 0.1) is 5.92 Å². The average Bonchev–Trinajstić information content (AvgIpc) is 2.27. The summed E-state index contributed by atoms with van der Waals surface area (Å²) < 4.78 is 5.23. The molecule has 0 fully saturated rings. The van der Waals surface area contributed by atoms with E-state index < -0.39 is 5.60 Å². The molecule has 3 nitrogen and oxygen atoms in total. The van der Waals surface area contributed by atoms with Gasteiger partial charge in [0.05, 0.1) is 12.7 Å². The number of hydrogen-bond acceptors (Lipinski definition) is 3. The van der Waals surface area contributed by atoms with Gasteiger partial charge in [-0.05, 0) is 19.5 Å². The largest absolute Gasteiger partial charge is 0.496 e. The summed E-state index contributed by atoms with van der Waals surface area (Å²) in [6.07, 6.45) is 0. The lowest BCUT2D eigenvalue weighted by atomic mass is 9.83. The smallest absolute Gasteiger partial charge is 0.124 e. The summed E-state index contributed by atoms with van der Waals surface area (Å²) in [5, 5.41) is 10.4. The third-order valence-corrected chi connectivity index (χ3v) is 2.97. The summed E-state index contributed by atoms with van der Waals surface area (Å²) in [4.78, 5) is 0. The third kappa shape index (κ3) is 2.30. The maximum atomic E-state index is 10.4. The molecule has 0 aromatic heterocycles. The van der Waals surface area contributed by atoms with Gasteiger partial charge in [0.2, 0.25) is 0 Å². The van der Waals surface area contributed by atoms with Gasteiger partial charge in [-0.1, -0.05) is 25.1 Å². The van der Waals surface area contributed by atoms with Gasteiger partial charge in [-0.25, -0.2) is 0 Å². The maximum Gasteiger partial charge on any atom is 0.124 e. The normalized spacial score (nSPS) is 16.9. The lowest BCUT2D eigenvalue weighted by Crippen LogP contribution is -2.35. The van der Waals surface area contributed by atoms with E-state index in [1.807, 2.05) is 31.2 Å². The van der Waals surface area contributed by atoms with E-state index in [0.29, 0.717) is 12.3 Å². The van der Waals surface area contributed by atoms with Crippen LogP contribution in [0.25, 0.3) is 0 Å². The molecular formula is C12H19NO2. The Bertz CT molecular complexity index is 323. The van der Waals surface area contributed by atoms with Crippen molar-refractivity contribution in [1.82, 2.24) is 0 Å². The number of rotatable bonds is 4. The van der Waals surface area contributed by atoms with Gasteiger partial charge in [-0.2, -0.15) is 0 Å². The highest BCUT2D eigenvalue weighted by molar-refractivity contribution is 5.37. The van der Waals surface area contributed by atoms with Crippen LogP contribution in [-0.2, 0) is 5.60 Å². The van der Waals surface area contributed by atoms with Crippen LogP contribution in [0.4, 0.5) is 0 Å². The first-order valence-electron chi connectivity index (χ1n) is 5.10. The molecule has 3 heteroatoms. The van der Waals surface area contributed by atoms with Gasteiger partial charge in [0, 0.05) is 11.5 Å². The zero-order chi connectivity index (χ0) is 11.5. The number of para-hydroxylation sites is 1. The van der Waals surface area contributed by atoms with Gasteiger partial charge in [0.1, 0.15) is 5.75 Å². The molecule has 0 aliphatic rings. The van der Waals surface area contributed by atoms with E-state index in [1.54, 1.807) is 14.0 Å². The van der Waals surface area contributed by atoms with Gasteiger partial charge >= 0.3 is 0 Å². The van der Waals surface area contributed by atoms with E-state index in [2.05, 4.69) is 0 Å². The summed E-state index contributed by atoms with van der Waals surface area (Å²) in [5.74, 6) is 0.677. The predicted octanol–water partition coefficient (Wildman–Crippen LogP) is 1.50. The fourth-order valence-corrected chi connectivity index (χ4v) is 1.56. The van der Waals surface area contributed by atoms with E-state index in [1.165, 1.54) is 0 Å². The summed E-state index contributed by atoms with van der Waals surface area (Å²) in [5.41, 5.74) is 5.41. The first-order chi connectivity index (χ1) is 7.04. The van der Waals surface area contributed by atoms with Crippen LogP contribution in [0.5, 0.6) is 5.75 Å². The van der Waals surface area contributed by atoms with Crippen LogP contribution in [0.3, 0.4) is 0 Å². The lowest BCUT2D eigenvalue weighted by molar-refractivity contribution is 0.00316. The van der Waals surface area contributed by atoms with E-state index >= 15 is 0 Å². The first-order valence-corrected chi connectivity index (χ1v) is 5.10. The van der Waals surface area contributed by atoms with E-state index in [-0.39, 0.29) is 5.92 Å². The second-order valence-corrected chi connectivity index (χ2v) is 3.98. The van der Waals surface area contributed by atoms with Crippen LogP contribution < -0.4 is 10.5 Å². The van der Waals surface area contributed by atoms with Crippen LogP contribution in [-0.4, -0.2) is 18.8 Å². The highest BCUT2D eigenvalue weighted by Crippen LogP contribution is 2.34. The van der Waals surface area contributed by atoms with Crippen molar-refractivity contribution in [2.45, 2.75) is 19.4 Å². The number of hydrogen-bond donors (Lipinski definition) is 2. The zero-order valence-corrected chi connectivity index (χ0v) is 9.53. The Morgan fingerprint density at radius 3 is 2.60 bits per heavy atom. The van der Waals surface area contributed by atoms with Gasteiger partial charge in [0.15, 0.2) is 0 Å². The second kappa shape index (κ2) is 4.64. The highest BCUT2D eigenvalue weighted by Gasteiger charge is 2.31. The molecule has 0 saturated heterocycles. The van der Waals surface area contributed by atoms with Gasteiger partial charge in [-0.3, -0.25) is 0 Å². The first kappa shape index (κ1) is 12.0. The molecule has 1 rings (SSSR count). The van der Waals surface area contributed by atoms with Crippen molar-refractivity contribution in [3.8, 4) is 5.75 Å². The van der Waals surface area contributed by atoms with Crippen molar-refractivity contribution in [3.63, 3.8) is 0 Å². The summed E-state index contributed by atoms with van der Waals surface area (Å²) in [6, 6.07) is 7.47. The number of methoxy groups -OCH3 is 1. The Balaban J connectivity index is 3.13. The Morgan fingerprint density at radius 1 is 1.47 bits per heavy atom. The molecule has 15 heavy (non-hydrogen) atoms. The van der Waals surface area contributed by atoms with Crippen molar-refractivity contribution in [1.29, 1.82) is 0 Å². The molecule has 2 atom stereocenters. The lowest BCUT2D eigenvalue weighted by Gasteiger charge is -2.31. The van der Waals surface area contributed by atoms with Crippen LogP contribution in [0.1, 0.15) is 19.4 Å². The molecule has 84 valence electrons. The minimum absolute atomic E-state index is 0.0196. The fourth-order valence-electron chi connectivity index (χ4n) is 1.56. The van der Waals surface area contributed by atoms with Crippen LogP contribution in [0.15, 0.2) is 24.3 Å². The molecule has 0 aliphatic carbocycles. The van der Waals surface area contributed by atoms with Crippen LogP contribution in [0.2, 0.25) is 0 Å². The number of nitrogens with two attached hydrogens (primary N) is 1. The second-order valence-electron chi connectivity index (χ2n) is 3.98. The van der Waals surface area contributed by atoms with Gasteiger partial charge < -0.3 is 15.6 Å². The number of aliphatic hydroxyl groups is 1. The molecule has 1 aromatic carbocycles. The summed E-state index contributed by atoms with van der Waals surface area (Å²) in [7, 11) is 1.60. The van der Waals surface area contributed by atoms with Crippen LogP contribution >= 0.6 is 0 Å². The Labute approximate surface area is 90.9 Å². The molecule has 1 aromatic rings. The van der Waals surface area contributed by atoms with Crippen molar-refractivity contribution in [2.75, 3.05) is 13.7 Å². The van der Waals surface area contributed by atoms with Crippen molar-refractivity contribution in [3.05, 3.63) is 29.8 Å². The topological polar surface area (TPSA) is 55.5 Å². The molecular weight excluding hydrogens is 190 g/mol. The summed E-state index contributed by atoms with van der Waals surface area (Å²) >= 11 is 0. The monoisotopic (exact) mass is 209 g/mol. The van der Waals surface area contributed by atoms with Crippen molar-refractivity contribution in [2.24, 2.45) is 11.7 Å². The van der Waals surface area contributed by atoms with E-state index in [4.69, 9.17) is 10.5 Å². The molecule has 0 heterocycles. The SMILES string of the molecule is COc1ccccc1C(C)(O)C(C)CN. The van der Waals surface area contributed by atoms with Gasteiger partial charge in [0.25, 0.3) is 0 Å². The molecule has 0 spiro atoms. The Kier molecular flexibility index (Phi) is 3.72. The van der Waals surface area contributed by atoms with Gasteiger partial charge in [-0.15, -0.1) is 0 Å². The number of benzene rings is 1. The quantitative estimate of drug-likeness (QED) is 0.790.